The minimum Gasteiger partial charge on any atom is -0.508 e. The highest BCUT2D eigenvalue weighted by Gasteiger charge is 2.15. The maximum absolute atomic E-state index is 12.9. The molecule has 0 fully saturated rings. The molecule has 1 heterocycles. The number of halogens is 1. The van der Waals surface area contributed by atoms with E-state index in [0.29, 0.717) is 33.2 Å². The van der Waals surface area contributed by atoms with Crippen LogP contribution in [0.15, 0.2) is 52.4 Å². The fourth-order valence-electron chi connectivity index (χ4n) is 2.67. The Morgan fingerprint density at radius 1 is 1.22 bits per heavy atom. The van der Waals surface area contributed by atoms with Crippen molar-refractivity contribution in [3.63, 3.8) is 0 Å². The summed E-state index contributed by atoms with van der Waals surface area (Å²) < 4.78 is 1.61. The molecule has 0 aliphatic heterocycles. The molecule has 0 unspecified atom stereocenters. The predicted octanol–water partition coefficient (Wildman–Crippen LogP) is 4.39. The monoisotopic (exact) mass is 402 g/mol. The van der Waals surface area contributed by atoms with Gasteiger partial charge in [0.05, 0.1) is 16.7 Å². The van der Waals surface area contributed by atoms with Crippen LogP contribution in [0.1, 0.15) is 24.2 Å². The van der Waals surface area contributed by atoms with Gasteiger partial charge in [-0.1, -0.05) is 37.2 Å². The highest BCUT2D eigenvalue weighted by atomic mass is 35.5. The minimum atomic E-state index is -0.157. The molecule has 0 saturated carbocycles. The van der Waals surface area contributed by atoms with Crippen molar-refractivity contribution < 1.29 is 9.90 Å². The number of phenols is 1. The van der Waals surface area contributed by atoms with Crippen molar-refractivity contribution in [1.82, 2.24) is 9.55 Å². The van der Waals surface area contributed by atoms with Gasteiger partial charge < -0.3 is 5.11 Å². The predicted molar refractivity (Wildman–Crippen MR) is 109 cm³/mol. The summed E-state index contributed by atoms with van der Waals surface area (Å²) in [4.78, 5) is 29.9. The highest BCUT2D eigenvalue weighted by Crippen LogP contribution is 2.22. The van der Waals surface area contributed by atoms with Crippen molar-refractivity contribution in [3.05, 3.63) is 63.4 Å². The number of benzene rings is 2. The number of thioether (sulfide) groups is 1. The van der Waals surface area contributed by atoms with Gasteiger partial charge in [0.15, 0.2) is 10.9 Å². The molecule has 0 amide bonds. The number of Topliss-reactive ketones (excluding diaryl/α,β-unsaturated/α-hetero) is 1. The van der Waals surface area contributed by atoms with Gasteiger partial charge in [-0.3, -0.25) is 14.2 Å². The van der Waals surface area contributed by atoms with Crippen LogP contribution in [0.4, 0.5) is 0 Å². The van der Waals surface area contributed by atoms with Crippen LogP contribution in [0.2, 0.25) is 5.02 Å². The van der Waals surface area contributed by atoms with Gasteiger partial charge in [-0.2, -0.15) is 0 Å². The normalized spacial score (nSPS) is 11.3. The van der Waals surface area contributed by atoms with Crippen molar-refractivity contribution >= 4 is 40.0 Å². The molecule has 1 N–H and O–H groups in total. The van der Waals surface area contributed by atoms with Crippen LogP contribution in [-0.2, 0) is 6.54 Å². The van der Waals surface area contributed by atoms with Crippen LogP contribution in [-0.4, -0.2) is 26.2 Å². The van der Waals surface area contributed by atoms with E-state index in [1.54, 1.807) is 34.9 Å². The average Bonchev–Trinajstić information content (AvgIpc) is 2.63. The smallest absolute Gasteiger partial charge is 0.262 e. The number of hydrogen-bond donors (Lipinski definition) is 1. The topological polar surface area (TPSA) is 72.2 Å². The molecule has 1 aromatic heterocycles. The number of carbonyl (C=O) groups is 1. The van der Waals surface area contributed by atoms with Crippen LogP contribution in [0.5, 0.6) is 5.75 Å². The summed E-state index contributed by atoms with van der Waals surface area (Å²) in [5, 5.41) is 10.8. The fourth-order valence-corrected chi connectivity index (χ4v) is 3.74. The van der Waals surface area contributed by atoms with Gasteiger partial charge in [0, 0.05) is 17.1 Å². The van der Waals surface area contributed by atoms with E-state index in [9.17, 15) is 14.7 Å². The van der Waals surface area contributed by atoms with Gasteiger partial charge in [-0.15, -0.1) is 0 Å². The first-order valence-electron chi connectivity index (χ1n) is 8.50. The molecule has 0 radical (unpaired) electrons. The quantitative estimate of drug-likeness (QED) is 0.376. The van der Waals surface area contributed by atoms with Crippen LogP contribution in [0, 0.1) is 5.92 Å². The minimum absolute atomic E-state index is 0.0958. The Labute approximate surface area is 166 Å². The number of fused-ring (bicyclic) bond motifs is 1. The largest absolute Gasteiger partial charge is 0.508 e. The summed E-state index contributed by atoms with van der Waals surface area (Å²) in [6, 6.07) is 11.1. The van der Waals surface area contributed by atoms with Crippen LogP contribution >= 0.6 is 23.4 Å². The summed E-state index contributed by atoms with van der Waals surface area (Å²) >= 11 is 7.26. The molecule has 2 aromatic carbocycles. The van der Waals surface area contributed by atoms with E-state index in [-0.39, 0.29) is 28.8 Å². The first kappa shape index (κ1) is 19.5. The molecular formula is C20H19ClN2O3S. The van der Waals surface area contributed by atoms with E-state index >= 15 is 0 Å². The zero-order valence-corrected chi connectivity index (χ0v) is 16.5. The molecule has 27 heavy (non-hydrogen) atoms. The molecule has 7 heteroatoms. The van der Waals surface area contributed by atoms with Gasteiger partial charge >= 0.3 is 0 Å². The number of aromatic hydroxyl groups is 1. The van der Waals surface area contributed by atoms with E-state index in [4.69, 9.17) is 11.6 Å². The lowest BCUT2D eigenvalue weighted by molar-refractivity contribution is 0.102. The molecule has 5 nitrogen and oxygen atoms in total. The Hall–Kier alpha value is -2.31. The Bertz CT molecular complexity index is 1050. The van der Waals surface area contributed by atoms with E-state index < -0.39 is 0 Å². The van der Waals surface area contributed by atoms with E-state index in [1.165, 1.54) is 23.9 Å². The van der Waals surface area contributed by atoms with E-state index in [0.717, 1.165) is 0 Å². The van der Waals surface area contributed by atoms with Crippen molar-refractivity contribution in [2.24, 2.45) is 5.92 Å². The van der Waals surface area contributed by atoms with Crippen molar-refractivity contribution in [1.29, 1.82) is 0 Å². The van der Waals surface area contributed by atoms with E-state index in [2.05, 4.69) is 4.98 Å². The molecule has 0 saturated heterocycles. The zero-order chi connectivity index (χ0) is 19.6. The van der Waals surface area contributed by atoms with Gasteiger partial charge in [0.1, 0.15) is 5.75 Å². The summed E-state index contributed by atoms with van der Waals surface area (Å²) in [7, 11) is 0. The van der Waals surface area contributed by atoms with Crippen molar-refractivity contribution in [3.8, 4) is 5.75 Å². The first-order chi connectivity index (χ1) is 12.8. The Balaban J connectivity index is 1.94. The van der Waals surface area contributed by atoms with Crippen LogP contribution < -0.4 is 5.56 Å². The molecule has 0 aliphatic carbocycles. The van der Waals surface area contributed by atoms with Crippen molar-refractivity contribution in [2.45, 2.75) is 25.5 Å². The highest BCUT2D eigenvalue weighted by molar-refractivity contribution is 7.99. The third kappa shape index (κ3) is 4.51. The van der Waals surface area contributed by atoms with Crippen LogP contribution in [0.3, 0.4) is 0 Å². The second-order valence-corrected chi connectivity index (χ2v) is 8.00. The summed E-state index contributed by atoms with van der Waals surface area (Å²) in [5.41, 5.74) is 0.908. The number of rotatable bonds is 6. The fraction of sp³-hybridized carbons (Fsp3) is 0.250. The van der Waals surface area contributed by atoms with Gasteiger partial charge in [-0.25, -0.2) is 4.98 Å². The SMILES string of the molecule is CC(C)Cn1c(SCC(=O)c2ccc(O)cc2)nc2ccc(Cl)cc2c1=O. The van der Waals surface area contributed by atoms with Gasteiger partial charge in [0.2, 0.25) is 0 Å². The number of carbonyl (C=O) groups excluding carboxylic acids is 1. The molecule has 0 bridgehead atoms. The number of ketones is 1. The lowest BCUT2D eigenvalue weighted by atomic mass is 10.1. The van der Waals surface area contributed by atoms with E-state index in [1.807, 2.05) is 13.8 Å². The third-order valence-corrected chi connectivity index (χ3v) is 5.16. The first-order valence-corrected chi connectivity index (χ1v) is 9.86. The Kier molecular flexibility index (Phi) is 5.87. The second kappa shape index (κ2) is 8.15. The Morgan fingerprint density at radius 3 is 2.59 bits per heavy atom. The van der Waals surface area contributed by atoms with Gasteiger partial charge in [-0.05, 0) is 48.4 Å². The molecule has 3 rings (SSSR count). The Morgan fingerprint density at radius 2 is 1.93 bits per heavy atom. The molecule has 0 atom stereocenters. The third-order valence-electron chi connectivity index (χ3n) is 3.95. The second-order valence-electron chi connectivity index (χ2n) is 6.62. The molecule has 3 aromatic rings. The summed E-state index contributed by atoms with van der Waals surface area (Å²) in [6.45, 7) is 4.54. The summed E-state index contributed by atoms with van der Waals surface area (Å²) in [6.07, 6.45) is 0. The molecule has 140 valence electrons. The van der Waals surface area contributed by atoms with Crippen molar-refractivity contribution in [2.75, 3.05) is 5.75 Å². The maximum Gasteiger partial charge on any atom is 0.262 e. The van der Waals surface area contributed by atoms with Crippen LogP contribution in [0.25, 0.3) is 10.9 Å². The molecule has 0 aliphatic rings. The average molecular weight is 403 g/mol. The molecular weight excluding hydrogens is 384 g/mol. The van der Waals surface area contributed by atoms with Gasteiger partial charge in [0.25, 0.3) is 5.56 Å². The molecule has 0 spiro atoms. The standard InChI is InChI=1S/C20H19ClN2O3S/c1-12(2)10-23-19(26)16-9-14(21)5-8-17(16)22-20(23)27-11-18(25)13-3-6-15(24)7-4-13/h3-9,12,24H,10-11H2,1-2H3. The zero-order valence-electron chi connectivity index (χ0n) is 15.0. The number of hydrogen-bond acceptors (Lipinski definition) is 5. The number of phenolic OH excluding ortho intramolecular Hbond substituents is 1. The lowest BCUT2D eigenvalue weighted by Gasteiger charge is -2.15. The lowest BCUT2D eigenvalue weighted by Crippen LogP contribution is -2.25. The summed E-state index contributed by atoms with van der Waals surface area (Å²) in [5.74, 6) is 0.406. The number of nitrogens with zero attached hydrogens (tertiary/aromatic N) is 2. The number of aromatic nitrogens is 2. The maximum atomic E-state index is 12.9.